The van der Waals surface area contributed by atoms with E-state index in [1.54, 1.807) is 7.11 Å². The van der Waals surface area contributed by atoms with Gasteiger partial charge < -0.3 is 14.5 Å². The van der Waals surface area contributed by atoms with Gasteiger partial charge in [-0.25, -0.2) is 4.98 Å². The van der Waals surface area contributed by atoms with Crippen molar-refractivity contribution in [1.29, 1.82) is 0 Å². The number of hydrogen-bond acceptors (Lipinski definition) is 3. The molecule has 1 aromatic heterocycles. The summed E-state index contributed by atoms with van der Waals surface area (Å²) in [6.45, 7) is 2.84. The molecule has 0 saturated heterocycles. The minimum Gasteiger partial charge on any atom is -0.493 e. The standard InChI is InChI=1S/C18H20N2O2/c1-3-4-11-22-17-12-13(9-10-16(17)21-2)18-19-14-7-5-6-8-15(14)20-18/h5-10,12H,3-4,11H2,1-2H3,(H,19,20). The summed E-state index contributed by atoms with van der Waals surface area (Å²) in [4.78, 5) is 7.96. The zero-order valence-electron chi connectivity index (χ0n) is 12.9. The van der Waals surface area contributed by atoms with Gasteiger partial charge >= 0.3 is 0 Å². The summed E-state index contributed by atoms with van der Waals surface area (Å²) in [7, 11) is 1.66. The highest BCUT2D eigenvalue weighted by Crippen LogP contribution is 2.32. The lowest BCUT2D eigenvalue weighted by molar-refractivity contribution is 0.288. The molecule has 0 amide bonds. The molecule has 0 unspecified atom stereocenters. The van der Waals surface area contributed by atoms with Crippen molar-refractivity contribution >= 4 is 11.0 Å². The normalized spacial score (nSPS) is 10.8. The van der Waals surface area contributed by atoms with Gasteiger partial charge in [-0.05, 0) is 36.8 Å². The van der Waals surface area contributed by atoms with Crippen molar-refractivity contribution < 1.29 is 9.47 Å². The summed E-state index contributed by atoms with van der Waals surface area (Å²) < 4.78 is 11.2. The lowest BCUT2D eigenvalue weighted by Gasteiger charge is -2.11. The molecule has 0 atom stereocenters. The minimum absolute atomic E-state index is 0.691. The van der Waals surface area contributed by atoms with E-state index in [2.05, 4.69) is 16.9 Å². The Morgan fingerprint density at radius 3 is 2.73 bits per heavy atom. The van der Waals surface area contributed by atoms with Crippen LogP contribution < -0.4 is 9.47 Å². The fourth-order valence-corrected chi connectivity index (χ4v) is 2.35. The number of imidazole rings is 1. The van der Waals surface area contributed by atoms with Crippen LogP contribution in [0.4, 0.5) is 0 Å². The van der Waals surface area contributed by atoms with Crippen LogP contribution in [0.5, 0.6) is 11.5 Å². The lowest BCUT2D eigenvalue weighted by atomic mass is 10.2. The second-order valence-corrected chi connectivity index (χ2v) is 5.17. The van der Waals surface area contributed by atoms with Crippen LogP contribution in [0.25, 0.3) is 22.4 Å². The van der Waals surface area contributed by atoms with E-state index >= 15 is 0 Å². The van der Waals surface area contributed by atoms with E-state index in [4.69, 9.17) is 9.47 Å². The quantitative estimate of drug-likeness (QED) is 0.685. The number of aromatic amines is 1. The van der Waals surface area contributed by atoms with E-state index < -0.39 is 0 Å². The van der Waals surface area contributed by atoms with Gasteiger partial charge in [0.1, 0.15) is 5.82 Å². The Labute approximate surface area is 130 Å². The van der Waals surface area contributed by atoms with E-state index in [1.165, 1.54) is 0 Å². The third-order valence-electron chi connectivity index (χ3n) is 3.58. The Bertz CT molecular complexity index is 732. The first kappa shape index (κ1) is 14.4. The summed E-state index contributed by atoms with van der Waals surface area (Å²) >= 11 is 0. The SMILES string of the molecule is CCCCOc1cc(-c2nc3ccccc3[nH]2)ccc1OC. The molecule has 0 aliphatic rings. The maximum absolute atomic E-state index is 5.84. The molecule has 114 valence electrons. The minimum atomic E-state index is 0.691. The van der Waals surface area contributed by atoms with Crippen LogP contribution in [0.3, 0.4) is 0 Å². The molecular formula is C18H20N2O2. The van der Waals surface area contributed by atoms with E-state index in [0.29, 0.717) is 6.61 Å². The Kier molecular flexibility index (Phi) is 4.28. The fourth-order valence-electron chi connectivity index (χ4n) is 2.35. The third-order valence-corrected chi connectivity index (χ3v) is 3.58. The van der Waals surface area contributed by atoms with Gasteiger partial charge in [0.2, 0.25) is 0 Å². The van der Waals surface area contributed by atoms with Gasteiger partial charge in [0.15, 0.2) is 11.5 Å². The van der Waals surface area contributed by atoms with E-state index in [-0.39, 0.29) is 0 Å². The Morgan fingerprint density at radius 2 is 1.95 bits per heavy atom. The maximum atomic E-state index is 5.84. The number of unbranched alkanes of at least 4 members (excludes halogenated alkanes) is 1. The number of ether oxygens (including phenoxy) is 2. The molecule has 1 N–H and O–H groups in total. The number of nitrogens with one attached hydrogen (secondary N) is 1. The fraction of sp³-hybridized carbons (Fsp3) is 0.278. The largest absolute Gasteiger partial charge is 0.493 e. The number of benzene rings is 2. The molecule has 1 heterocycles. The summed E-state index contributed by atoms with van der Waals surface area (Å²) in [6, 6.07) is 13.9. The number of para-hydroxylation sites is 2. The molecular weight excluding hydrogens is 276 g/mol. The van der Waals surface area contributed by atoms with Crippen LogP contribution in [0.1, 0.15) is 19.8 Å². The van der Waals surface area contributed by atoms with E-state index in [0.717, 1.165) is 46.8 Å². The van der Waals surface area contributed by atoms with Gasteiger partial charge in [0, 0.05) is 5.56 Å². The molecule has 3 aromatic rings. The second kappa shape index (κ2) is 6.52. The van der Waals surface area contributed by atoms with Crippen LogP contribution in [-0.2, 0) is 0 Å². The first-order chi connectivity index (χ1) is 10.8. The van der Waals surface area contributed by atoms with Gasteiger partial charge in [0.25, 0.3) is 0 Å². The topological polar surface area (TPSA) is 47.1 Å². The van der Waals surface area contributed by atoms with Crippen molar-refractivity contribution in [3.05, 3.63) is 42.5 Å². The van der Waals surface area contributed by atoms with Gasteiger partial charge in [-0.1, -0.05) is 25.5 Å². The van der Waals surface area contributed by atoms with Crippen LogP contribution in [0.2, 0.25) is 0 Å². The van der Waals surface area contributed by atoms with Crippen LogP contribution >= 0.6 is 0 Å². The molecule has 0 radical (unpaired) electrons. The molecule has 2 aromatic carbocycles. The van der Waals surface area contributed by atoms with Gasteiger partial charge in [0.05, 0.1) is 24.8 Å². The summed E-state index contributed by atoms with van der Waals surface area (Å²) in [5.74, 6) is 2.34. The third kappa shape index (κ3) is 2.91. The van der Waals surface area contributed by atoms with Crippen molar-refractivity contribution in [3.63, 3.8) is 0 Å². The number of methoxy groups -OCH3 is 1. The first-order valence-corrected chi connectivity index (χ1v) is 7.57. The maximum Gasteiger partial charge on any atom is 0.161 e. The van der Waals surface area contributed by atoms with E-state index in [9.17, 15) is 0 Å². The highest BCUT2D eigenvalue weighted by atomic mass is 16.5. The zero-order valence-corrected chi connectivity index (χ0v) is 12.9. The van der Waals surface area contributed by atoms with Crippen LogP contribution in [0.15, 0.2) is 42.5 Å². The number of aromatic nitrogens is 2. The molecule has 0 aliphatic carbocycles. The average molecular weight is 296 g/mol. The summed E-state index contributed by atoms with van der Waals surface area (Å²) in [5.41, 5.74) is 2.98. The Morgan fingerprint density at radius 1 is 1.09 bits per heavy atom. The number of H-pyrrole nitrogens is 1. The van der Waals surface area contributed by atoms with Gasteiger partial charge in [-0.3, -0.25) is 0 Å². The molecule has 0 spiro atoms. The molecule has 0 fully saturated rings. The average Bonchev–Trinajstić information content (AvgIpc) is 2.99. The van der Waals surface area contributed by atoms with Crippen molar-refractivity contribution in [2.24, 2.45) is 0 Å². The van der Waals surface area contributed by atoms with Gasteiger partial charge in [-0.2, -0.15) is 0 Å². The first-order valence-electron chi connectivity index (χ1n) is 7.57. The van der Waals surface area contributed by atoms with Gasteiger partial charge in [-0.15, -0.1) is 0 Å². The van der Waals surface area contributed by atoms with Crippen molar-refractivity contribution in [2.75, 3.05) is 13.7 Å². The highest BCUT2D eigenvalue weighted by Gasteiger charge is 2.10. The Balaban J connectivity index is 1.94. The number of fused-ring (bicyclic) bond motifs is 1. The molecule has 4 heteroatoms. The number of nitrogens with zero attached hydrogens (tertiary/aromatic N) is 1. The number of hydrogen-bond donors (Lipinski definition) is 1. The van der Waals surface area contributed by atoms with Crippen LogP contribution in [-0.4, -0.2) is 23.7 Å². The molecule has 3 rings (SSSR count). The predicted octanol–water partition coefficient (Wildman–Crippen LogP) is 4.42. The van der Waals surface area contributed by atoms with E-state index in [1.807, 2.05) is 42.5 Å². The molecule has 22 heavy (non-hydrogen) atoms. The predicted molar refractivity (Wildman–Crippen MR) is 88.5 cm³/mol. The lowest BCUT2D eigenvalue weighted by Crippen LogP contribution is -1.99. The second-order valence-electron chi connectivity index (χ2n) is 5.17. The van der Waals surface area contributed by atoms with Crippen LogP contribution in [0, 0.1) is 0 Å². The molecule has 4 nitrogen and oxygen atoms in total. The molecule has 0 saturated carbocycles. The summed E-state index contributed by atoms with van der Waals surface area (Å²) in [5, 5.41) is 0. The monoisotopic (exact) mass is 296 g/mol. The zero-order chi connectivity index (χ0) is 15.4. The highest BCUT2D eigenvalue weighted by molar-refractivity contribution is 5.79. The smallest absolute Gasteiger partial charge is 0.161 e. The number of rotatable bonds is 6. The molecule has 0 bridgehead atoms. The van der Waals surface area contributed by atoms with Crippen molar-refractivity contribution in [1.82, 2.24) is 9.97 Å². The van der Waals surface area contributed by atoms with Crippen molar-refractivity contribution in [2.45, 2.75) is 19.8 Å². The van der Waals surface area contributed by atoms with Crippen molar-refractivity contribution in [3.8, 4) is 22.9 Å². The molecule has 0 aliphatic heterocycles. The Hall–Kier alpha value is -2.49. The summed E-state index contributed by atoms with van der Waals surface area (Å²) in [6.07, 6.45) is 2.13.